The lowest BCUT2D eigenvalue weighted by atomic mass is 10.1. The van der Waals surface area contributed by atoms with Crippen molar-refractivity contribution in [3.05, 3.63) is 71.3 Å². The molecule has 0 spiro atoms. The zero-order valence-electron chi connectivity index (χ0n) is 17.4. The van der Waals surface area contributed by atoms with Gasteiger partial charge in [0.25, 0.3) is 5.91 Å². The SMILES string of the molecule is CCNC(=NCc1ccc(C(=O)N2CCCCC2)cc1)NCCc1ccccc1. The molecule has 2 aromatic carbocycles. The minimum atomic E-state index is 0.149. The van der Waals surface area contributed by atoms with Crippen molar-refractivity contribution in [3.8, 4) is 0 Å². The van der Waals surface area contributed by atoms with E-state index in [0.717, 1.165) is 62.5 Å². The maximum absolute atomic E-state index is 12.6. The molecule has 2 N–H and O–H groups in total. The largest absolute Gasteiger partial charge is 0.357 e. The molecule has 0 aromatic heterocycles. The van der Waals surface area contributed by atoms with Crippen molar-refractivity contribution >= 4 is 11.9 Å². The fourth-order valence-corrected chi connectivity index (χ4v) is 3.51. The first-order chi connectivity index (χ1) is 14.3. The Labute approximate surface area is 174 Å². The molecule has 1 aliphatic heterocycles. The molecule has 5 heteroatoms. The summed E-state index contributed by atoms with van der Waals surface area (Å²) in [4.78, 5) is 19.2. The minimum Gasteiger partial charge on any atom is -0.357 e. The number of amides is 1. The maximum Gasteiger partial charge on any atom is 0.253 e. The molecule has 1 saturated heterocycles. The fraction of sp³-hybridized carbons (Fsp3) is 0.417. The first kappa shape index (κ1) is 20.9. The van der Waals surface area contributed by atoms with E-state index in [-0.39, 0.29) is 5.91 Å². The molecule has 1 fully saturated rings. The van der Waals surface area contributed by atoms with Crippen LogP contribution in [-0.2, 0) is 13.0 Å². The molecular weight excluding hydrogens is 360 g/mol. The van der Waals surface area contributed by atoms with Crippen molar-refractivity contribution in [2.24, 2.45) is 4.99 Å². The number of hydrogen-bond acceptors (Lipinski definition) is 2. The highest BCUT2D eigenvalue weighted by atomic mass is 16.2. The third kappa shape index (κ3) is 6.63. The van der Waals surface area contributed by atoms with Crippen LogP contribution in [0.1, 0.15) is 47.7 Å². The zero-order valence-corrected chi connectivity index (χ0v) is 17.4. The van der Waals surface area contributed by atoms with E-state index in [9.17, 15) is 4.79 Å². The van der Waals surface area contributed by atoms with Crippen LogP contribution in [-0.4, -0.2) is 42.9 Å². The van der Waals surface area contributed by atoms with E-state index in [1.165, 1.54) is 12.0 Å². The van der Waals surface area contributed by atoms with Gasteiger partial charge in [-0.05, 0) is 55.9 Å². The Morgan fingerprint density at radius 2 is 1.66 bits per heavy atom. The molecule has 5 nitrogen and oxygen atoms in total. The van der Waals surface area contributed by atoms with E-state index >= 15 is 0 Å². The molecule has 1 amide bonds. The quantitative estimate of drug-likeness (QED) is 0.559. The predicted molar refractivity (Wildman–Crippen MR) is 119 cm³/mol. The number of aliphatic imine (C=N–C) groups is 1. The predicted octanol–water partition coefficient (Wildman–Crippen LogP) is 3.61. The number of carbonyl (C=O) groups excluding carboxylic acids is 1. The van der Waals surface area contributed by atoms with Gasteiger partial charge in [-0.15, -0.1) is 0 Å². The van der Waals surface area contributed by atoms with Crippen molar-refractivity contribution in [1.82, 2.24) is 15.5 Å². The molecule has 0 saturated carbocycles. The van der Waals surface area contributed by atoms with E-state index in [1.807, 2.05) is 35.2 Å². The van der Waals surface area contributed by atoms with E-state index in [1.54, 1.807) is 0 Å². The number of benzene rings is 2. The highest BCUT2D eigenvalue weighted by Gasteiger charge is 2.17. The van der Waals surface area contributed by atoms with Crippen LogP contribution in [0.15, 0.2) is 59.6 Å². The van der Waals surface area contributed by atoms with Gasteiger partial charge in [-0.1, -0.05) is 42.5 Å². The number of nitrogens with one attached hydrogen (secondary N) is 2. The Kier molecular flexibility index (Phi) is 8.11. The Morgan fingerprint density at radius 1 is 0.931 bits per heavy atom. The van der Waals surface area contributed by atoms with Gasteiger partial charge in [-0.2, -0.15) is 0 Å². The number of nitrogens with zero attached hydrogens (tertiary/aromatic N) is 2. The molecule has 3 rings (SSSR count). The second-order valence-corrected chi connectivity index (χ2v) is 7.41. The van der Waals surface area contributed by atoms with Crippen molar-refractivity contribution in [2.45, 2.75) is 39.2 Å². The summed E-state index contributed by atoms with van der Waals surface area (Å²) in [7, 11) is 0. The lowest BCUT2D eigenvalue weighted by Gasteiger charge is -2.26. The average molecular weight is 393 g/mol. The molecule has 1 aliphatic rings. The summed E-state index contributed by atoms with van der Waals surface area (Å²) in [6.07, 6.45) is 4.42. The second-order valence-electron chi connectivity index (χ2n) is 7.41. The number of carbonyl (C=O) groups is 1. The van der Waals surface area contributed by atoms with Crippen LogP contribution >= 0.6 is 0 Å². The summed E-state index contributed by atoms with van der Waals surface area (Å²) in [5.74, 6) is 0.965. The van der Waals surface area contributed by atoms with Gasteiger partial charge < -0.3 is 15.5 Å². The first-order valence-corrected chi connectivity index (χ1v) is 10.7. The van der Waals surface area contributed by atoms with Gasteiger partial charge in [0, 0.05) is 31.7 Å². The molecule has 2 aromatic rings. The van der Waals surface area contributed by atoms with Gasteiger partial charge in [0.1, 0.15) is 0 Å². The molecule has 0 atom stereocenters. The van der Waals surface area contributed by atoms with Gasteiger partial charge in [0.15, 0.2) is 5.96 Å². The van der Waals surface area contributed by atoms with Crippen LogP contribution < -0.4 is 10.6 Å². The van der Waals surface area contributed by atoms with Crippen LogP contribution in [0.4, 0.5) is 0 Å². The summed E-state index contributed by atoms with van der Waals surface area (Å²) >= 11 is 0. The molecule has 154 valence electrons. The van der Waals surface area contributed by atoms with Crippen LogP contribution in [0.3, 0.4) is 0 Å². The fourth-order valence-electron chi connectivity index (χ4n) is 3.51. The van der Waals surface area contributed by atoms with E-state index in [4.69, 9.17) is 0 Å². The molecule has 0 unspecified atom stereocenters. The van der Waals surface area contributed by atoms with Crippen molar-refractivity contribution in [1.29, 1.82) is 0 Å². The molecule has 1 heterocycles. The lowest BCUT2D eigenvalue weighted by Crippen LogP contribution is -2.38. The second kappa shape index (κ2) is 11.2. The van der Waals surface area contributed by atoms with E-state index < -0.39 is 0 Å². The highest BCUT2D eigenvalue weighted by Crippen LogP contribution is 2.14. The standard InChI is InChI=1S/C24H32N4O/c1-2-25-24(26-16-15-20-9-5-3-6-10-20)27-19-21-11-13-22(14-12-21)23(29)28-17-7-4-8-18-28/h3,5-6,9-14H,2,4,7-8,15-19H2,1H3,(H2,25,26,27). The van der Waals surface area contributed by atoms with Gasteiger partial charge >= 0.3 is 0 Å². The van der Waals surface area contributed by atoms with Gasteiger partial charge in [0.05, 0.1) is 6.54 Å². The topological polar surface area (TPSA) is 56.7 Å². The molecule has 0 radical (unpaired) electrons. The number of guanidine groups is 1. The summed E-state index contributed by atoms with van der Waals surface area (Å²) < 4.78 is 0. The third-order valence-corrected chi connectivity index (χ3v) is 5.16. The molecule has 29 heavy (non-hydrogen) atoms. The molecule has 0 bridgehead atoms. The van der Waals surface area contributed by atoms with E-state index in [0.29, 0.717) is 6.54 Å². The molecular formula is C24H32N4O. The van der Waals surface area contributed by atoms with Crippen molar-refractivity contribution in [3.63, 3.8) is 0 Å². The monoisotopic (exact) mass is 392 g/mol. The van der Waals surface area contributed by atoms with Gasteiger partial charge in [-0.3, -0.25) is 4.79 Å². The first-order valence-electron chi connectivity index (χ1n) is 10.7. The van der Waals surface area contributed by atoms with Crippen molar-refractivity contribution in [2.75, 3.05) is 26.2 Å². The van der Waals surface area contributed by atoms with Crippen LogP contribution in [0.2, 0.25) is 0 Å². The Morgan fingerprint density at radius 3 is 2.34 bits per heavy atom. The number of likely N-dealkylation sites (tertiary alicyclic amines) is 1. The zero-order chi connectivity index (χ0) is 20.3. The van der Waals surface area contributed by atoms with Gasteiger partial charge in [-0.25, -0.2) is 4.99 Å². The Bertz CT molecular complexity index is 780. The smallest absolute Gasteiger partial charge is 0.253 e. The van der Waals surface area contributed by atoms with Crippen molar-refractivity contribution < 1.29 is 4.79 Å². The number of hydrogen-bond donors (Lipinski definition) is 2. The average Bonchev–Trinajstić information content (AvgIpc) is 2.78. The third-order valence-electron chi connectivity index (χ3n) is 5.16. The molecule has 0 aliphatic carbocycles. The Balaban J connectivity index is 1.52. The lowest BCUT2D eigenvalue weighted by molar-refractivity contribution is 0.0724. The number of piperidine rings is 1. The summed E-state index contributed by atoms with van der Waals surface area (Å²) in [6.45, 7) is 6.06. The number of rotatable bonds is 7. The minimum absolute atomic E-state index is 0.149. The van der Waals surface area contributed by atoms with Crippen LogP contribution in [0.5, 0.6) is 0 Å². The normalized spacial score (nSPS) is 14.5. The highest BCUT2D eigenvalue weighted by molar-refractivity contribution is 5.94. The summed E-state index contributed by atoms with van der Waals surface area (Å²) in [5.41, 5.74) is 3.18. The maximum atomic E-state index is 12.6. The van der Waals surface area contributed by atoms with Crippen LogP contribution in [0.25, 0.3) is 0 Å². The summed E-state index contributed by atoms with van der Waals surface area (Å²) in [5, 5.41) is 6.68. The van der Waals surface area contributed by atoms with Gasteiger partial charge in [0.2, 0.25) is 0 Å². The summed E-state index contributed by atoms with van der Waals surface area (Å²) in [6, 6.07) is 18.3. The van der Waals surface area contributed by atoms with Crippen LogP contribution in [0, 0.1) is 0 Å². The van der Waals surface area contributed by atoms with E-state index in [2.05, 4.69) is 46.8 Å². The Hall–Kier alpha value is -2.82.